The van der Waals surface area contributed by atoms with Crippen molar-refractivity contribution in [1.82, 2.24) is 4.90 Å². The summed E-state index contributed by atoms with van der Waals surface area (Å²) in [6.45, 7) is 6.60. The Balaban J connectivity index is 3.78. The van der Waals surface area contributed by atoms with Gasteiger partial charge in [0.1, 0.15) is 0 Å². The highest BCUT2D eigenvalue weighted by Crippen LogP contribution is 2.08. The molecule has 0 aliphatic rings. The summed E-state index contributed by atoms with van der Waals surface area (Å²) in [5, 5.41) is 9.56. The van der Waals surface area contributed by atoms with Crippen LogP contribution in [0.25, 0.3) is 0 Å². The fourth-order valence-electron chi connectivity index (χ4n) is 1.13. The molecule has 74 valence electrons. The lowest BCUT2D eigenvalue weighted by Crippen LogP contribution is -2.41. The fraction of sp³-hybridized carbons (Fsp3) is 1.00. The molecule has 0 spiro atoms. The lowest BCUT2D eigenvalue weighted by Gasteiger charge is -2.30. The Bertz CT molecular complexity index is 122. The standard InChI is InChI=1S/C9H21NOS/c1-8(6-12-5)10(4)7-9(2,3)11/h8,11H,6-7H2,1-5H3. The number of nitrogens with zero attached hydrogens (tertiary/aromatic N) is 1. The molecular weight excluding hydrogens is 170 g/mol. The fourth-order valence-corrected chi connectivity index (χ4v) is 1.87. The molecule has 0 saturated carbocycles. The zero-order valence-corrected chi connectivity index (χ0v) is 9.61. The monoisotopic (exact) mass is 191 g/mol. The third kappa shape index (κ3) is 5.86. The van der Waals surface area contributed by atoms with Gasteiger partial charge >= 0.3 is 0 Å². The van der Waals surface area contributed by atoms with Crippen molar-refractivity contribution >= 4 is 11.8 Å². The molecule has 2 nitrogen and oxygen atoms in total. The number of aliphatic hydroxyl groups is 1. The molecule has 0 aromatic carbocycles. The molecule has 0 bridgehead atoms. The second-order valence-corrected chi connectivity index (χ2v) is 4.94. The maximum Gasteiger partial charge on any atom is 0.0718 e. The minimum Gasteiger partial charge on any atom is -0.389 e. The maximum absolute atomic E-state index is 9.56. The summed E-state index contributed by atoms with van der Waals surface area (Å²) >= 11 is 1.84. The molecule has 0 heterocycles. The Kier molecular flexibility index (Phi) is 5.21. The molecule has 0 aliphatic carbocycles. The van der Waals surface area contributed by atoms with Crippen LogP contribution in [0.3, 0.4) is 0 Å². The Morgan fingerprint density at radius 3 is 2.33 bits per heavy atom. The maximum atomic E-state index is 9.56. The average molecular weight is 191 g/mol. The summed E-state index contributed by atoms with van der Waals surface area (Å²) in [4.78, 5) is 2.19. The van der Waals surface area contributed by atoms with Gasteiger partial charge in [-0.05, 0) is 34.1 Å². The van der Waals surface area contributed by atoms with Crippen molar-refractivity contribution in [2.45, 2.75) is 32.4 Å². The van der Waals surface area contributed by atoms with Crippen LogP contribution in [0.15, 0.2) is 0 Å². The van der Waals surface area contributed by atoms with Crippen LogP contribution in [0.1, 0.15) is 20.8 Å². The minimum absolute atomic E-state index is 0.534. The molecule has 0 amide bonds. The van der Waals surface area contributed by atoms with Crippen LogP contribution in [0, 0.1) is 0 Å². The van der Waals surface area contributed by atoms with E-state index in [4.69, 9.17) is 0 Å². The number of likely N-dealkylation sites (N-methyl/N-ethyl adjacent to an activating group) is 1. The molecule has 0 fully saturated rings. The summed E-state index contributed by atoms with van der Waals surface area (Å²) in [5.41, 5.74) is -0.582. The highest BCUT2D eigenvalue weighted by atomic mass is 32.2. The highest BCUT2D eigenvalue weighted by Gasteiger charge is 2.18. The lowest BCUT2D eigenvalue weighted by atomic mass is 10.1. The van der Waals surface area contributed by atoms with Gasteiger partial charge in [-0.2, -0.15) is 11.8 Å². The summed E-state index contributed by atoms with van der Waals surface area (Å²) in [7, 11) is 2.05. The van der Waals surface area contributed by atoms with Gasteiger partial charge in [0, 0.05) is 18.3 Å². The Morgan fingerprint density at radius 2 is 2.00 bits per heavy atom. The largest absolute Gasteiger partial charge is 0.389 e. The molecule has 0 radical (unpaired) electrons. The van der Waals surface area contributed by atoms with Crippen molar-refractivity contribution in [2.75, 3.05) is 25.6 Å². The van der Waals surface area contributed by atoms with Crippen molar-refractivity contribution < 1.29 is 5.11 Å². The molecule has 0 saturated heterocycles. The van der Waals surface area contributed by atoms with Crippen molar-refractivity contribution in [3.63, 3.8) is 0 Å². The number of hydrogen-bond acceptors (Lipinski definition) is 3. The lowest BCUT2D eigenvalue weighted by molar-refractivity contribution is 0.0364. The molecule has 0 aliphatic heterocycles. The van der Waals surface area contributed by atoms with E-state index >= 15 is 0 Å². The van der Waals surface area contributed by atoms with Crippen LogP contribution in [0.4, 0.5) is 0 Å². The Morgan fingerprint density at radius 1 is 1.50 bits per heavy atom. The normalized spacial score (nSPS) is 15.2. The first kappa shape index (κ1) is 12.3. The van der Waals surface area contributed by atoms with E-state index in [-0.39, 0.29) is 0 Å². The Hall–Kier alpha value is 0.270. The van der Waals surface area contributed by atoms with Crippen LogP contribution >= 0.6 is 11.8 Å². The molecule has 3 heteroatoms. The second kappa shape index (κ2) is 5.10. The molecule has 0 aromatic rings. The molecule has 1 N–H and O–H groups in total. The first-order valence-corrected chi connectivity index (χ1v) is 5.68. The minimum atomic E-state index is -0.582. The topological polar surface area (TPSA) is 23.5 Å². The number of hydrogen-bond donors (Lipinski definition) is 1. The van der Waals surface area contributed by atoms with Gasteiger partial charge in [0.05, 0.1) is 5.60 Å². The van der Waals surface area contributed by atoms with Gasteiger partial charge in [0.25, 0.3) is 0 Å². The van der Waals surface area contributed by atoms with E-state index in [2.05, 4.69) is 25.1 Å². The zero-order chi connectivity index (χ0) is 9.78. The van der Waals surface area contributed by atoms with Crippen LogP contribution in [0.5, 0.6) is 0 Å². The van der Waals surface area contributed by atoms with Crippen molar-refractivity contribution in [3.05, 3.63) is 0 Å². The second-order valence-electron chi connectivity index (χ2n) is 4.03. The van der Waals surface area contributed by atoms with Gasteiger partial charge in [-0.15, -0.1) is 0 Å². The first-order chi connectivity index (χ1) is 5.37. The number of rotatable bonds is 5. The zero-order valence-electron chi connectivity index (χ0n) is 8.79. The third-order valence-electron chi connectivity index (χ3n) is 1.80. The molecule has 1 atom stereocenters. The molecule has 0 aromatic heterocycles. The van der Waals surface area contributed by atoms with Gasteiger partial charge in [-0.1, -0.05) is 0 Å². The third-order valence-corrected chi connectivity index (χ3v) is 2.61. The summed E-state index contributed by atoms with van der Waals surface area (Å²) in [5.74, 6) is 1.12. The van der Waals surface area contributed by atoms with E-state index in [0.717, 1.165) is 12.3 Å². The Labute approximate surface area is 80.3 Å². The summed E-state index contributed by atoms with van der Waals surface area (Å²) in [6.07, 6.45) is 2.11. The highest BCUT2D eigenvalue weighted by molar-refractivity contribution is 7.98. The van der Waals surface area contributed by atoms with Gasteiger partial charge < -0.3 is 10.0 Å². The van der Waals surface area contributed by atoms with Crippen LogP contribution in [-0.2, 0) is 0 Å². The van der Waals surface area contributed by atoms with Gasteiger partial charge in [-0.25, -0.2) is 0 Å². The first-order valence-electron chi connectivity index (χ1n) is 4.28. The predicted octanol–water partition coefficient (Wildman–Crippen LogP) is 1.44. The molecule has 0 rings (SSSR count). The summed E-state index contributed by atoms with van der Waals surface area (Å²) in [6, 6.07) is 0.534. The molecule has 12 heavy (non-hydrogen) atoms. The van der Waals surface area contributed by atoms with Gasteiger partial charge in [0.15, 0.2) is 0 Å². The SMILES string of the molecule is CSCC(C)N(C)CC(C)(C)O. The van der Waals surface area contributed by atoms with E-state index in [0.29, 0.717) is 6.04 Å². The van der Waals surface area contributed by atoms with Crippen LogP contribution < -0.4 is 0 Å². The van der Waals surface area contributed by atoms with Gasteiger partial charge in [0.2, 0.25) is 0 Å². The van der Waals surface area contributed by atoms with E-state index in [1.54, 1.807) is 0 Å². The predicted molar refractivity (Wildman–Crippen MR) is 56.8 cm³/mol. The summed E-state index contributed by atoms with van der Waals surface area (Å²) < 4.78 is 0. The van der Waals surface area contributed by atoms with Crippen LogP contribution in [0.2, 0.25) is 0 Å². The van der Waals surface area contributed by atoms with Crippen molar-refractivity contribution in [1.29, 1.82) is 0 Å². The van der Waals surface area contributed by atoms with E-state index in [1.807, 2.05) is 25.6 Å². The van der Waals surface area contributed by atoms with Crippen molar-refractivity contribution in [2.24, 2.45) is 0 Å². The van der Waals surface area contributed by atoms with E-state index < -0.39 is 5.60 Å². The van der Waals surface area contributed by atoms with Gasteiger partial charge in [-0.3, -0.25) is 0 Å². The van der Waals surface area contributed by atoms with E-state index in [1.165, 1.54) is 0 Å². The van der Waals surface area contributed by atoms with Crippen LogP contribution in [-0.4, -0.2) is 47.3 Å². The number of thioether (sulfide) groups is 1. The quantitative estimate of drug-likeness (QED) is 0.711. The van der Waals surface area contributed by atoms with E-state index in [9.17, 15) is 5.11 Å². The smallest absolute Gasteiger partial charge is 0.0718 e. The average Bonchev–Trinajstić information content (AvgIpc) is 1.84. The van der Waals surface area contributed by atoms with Crippen molar-refractivity contribution in [3.8, 4) is 0 Å². The molecule has 1 unspecified atom stereocenters. The molecular formula is C9H21NOS.